The van der Waals surface area contributed by atoms with Crippen molar-refractivity contribution in [2.24, 2.45) is 0 Å². The molecule has 0 aliphatic carbocycles. The van der Waals surface area contributed by atoms with E-state index in [0.717, 1.165) is 6.42 Å². The van der Waals surface area contributed by atoms with Gasteiger partial charge in [0.25, 0.3) is 10.1 Å². The Morgan fingerprint density at radius 1 is 1.38 bits per heavy atom. The molecule has 0 fully saturated rings. The molecule has 0 aromatic heterocycles. The number of rotatable bonds is 3. The monoisotopic (exact) mass is 137 g/mol. The van der Waals surface area contributed by atoms with Crippen molar-refractivity contribution >= 4 is 10.1 Å². The second-order valence-corrected chi connectivity index (χ2v) is 3.14. The largest absolute Gasteiger partial charge is 0.294 e. The predicted molar refractivity (Wildman–Crippen MR) is 29.4 cm³/mol. The molecule has 1 radical (unpaired) electrons. The molecule has 0 bridgehead atoms. The van der Waals surface area contributed by atoms with Crippen LogP contribution in [0, 0.1) is 0 Å². The van der Waals surface area contributed by atoms with Gasteiger partial charge in [-0.3, -0.25) is 0 Å². The molecule has 0 spiro atoms. The van der Waals surface area contributed by atoms with Crippen LogP contribution in [0.15, 0.2) is 0 Å². The van der Waals surface area contributed by atoms with Gasteiger partial charge in [0.1, 0.15) is 0 Å². The molecule has 0 saturated heterocycles. The van der Waals surface area contributed by atoms with E-state index in [1.807, 2.05) is 6.92 Å². The van der Waals surface area contributed by atoms with Crippen LogP contribution < -0.4 is 0 Å². The number of unbranched alkanes of at least 4 members (excludes halogenated alkanes) is 1. The second kappa shape index (κ2) is 3.04. The van der Waals surface area contributed by atoms with E-state index in [1.54, 1.807) is 0 Å². The Balaban J connectivity index is 3.42. The summed E-state index contributed by atoms with van der Waals surface area (Å²) in [5, 5.41) is 0. The first-order valence-corrected chi connectivity index (χ1v) is 4.07. The van der Waals surface area contributed by atoms with E-state index in [2.05, 4.69) is 0 Å². The summed E-state index contributed by atoms with van der Waals surface area (Å²) < 4.78 is 29.5. The van der Waals surface area contributed by atoms with E-state index in [9.17, 15) is 13.0 Å². The van der Waals surface area contributed by atoms with Crippen LogP contribution in [0.1, 0.15) is 19.8 Å². The van der Waals surface area contributed by atoms with E-state index >= 15 is 0 Å². The molecular weight excluding hydrogens is 128 g/mol. The zero-order valence-corrected chi connectivity index (χ0v) is 5.57. The van der Waals surface area contributed by atoms with Gasteiger partial charge >= 0.3 is 0 Å². The molecule has 0 aliphatic rings. The van der Waals surface area contributed by atoms with E-state index in [4.69, 9.17) is 0 Å². The van der Waals surface area contributed by atoms with Gasteiger partial charge in [-0.05, 0) is 6.42 Å². The van der Waals surface area contributed by atoms with E-state index in [1.165, 1.54) is 0 Å². The van der Waals surface area contributed by atoms with Gasteiger partial charge in [0, 0.05) is 0 Å². The third-order valence-corrected chi connectivity index (χ3v) is 1.54. The number of hydrogen-bond donors (Lipinski definition) is 0. The fourth-order valence-electron chi connectivity index (χ4n) is 0.321. The summed E-state index contributed by atoms with van der Waals surface area (Å²) >= 11 is 0. The van der Waals surface area contributed by atoms with Crippen LogP contribution in [0.5, 0.6) is 0 Å². The fraction of sp³-hybridized carbons (Fsp3) is 1.00. The maximum Gasteiger partial charge on any atom is 0.294 e. The summed E-state index contributed by atoms with van der Waals surface area (Å²) in [6.07, 6.45) is 1.23. The van der Waals surface area contributed by atoms with E-state index in [-0.39, 0.29) is 5.75 Å². The first-order valence-electron chi connectivity index (χ1n) is 2.50. The van der Waals surface area contributed by atoms with Crippen molar-refractivity contribution in [2.75, 3.05) is 5.75 Å². The smallest absolute Gasteiger partial charge is 0.197 e. The lowest BCUT2D eigenvalue weighted by molar-refractivity contribution is 0.413. The molecular formula is C4H9O3S. The molecule has 0 N–H and O–H groups in total. The molecule has 0 aromatic rings. The minimum absolute atomic E-state index is 0.219. The molecule has 3 nitrogen and oxygen atoms in total. The highest BCUT2D eigenvalue weighted by Gasteiger charge is 2.02. The third kappa shape index (κ3) is 5.91. The molecule has 0 aromatic carbocycles. The quantitative estimate of drug-likeness (QED) is 0.570. The van der Waals surface area contributed by atoms with Crippen molar-refractivity contribution in [3.63, 3.8) is 0 Å². The normalized spacial score (nSPS) is 11.8. The van der Waals surface area contributed by atoms with Gasteiger partial charge in [0.15, 0.2) is 0 Å². The lowest BCUT2D eigenvalue weighted by atomic mass is 10.4. The molecule has 0 heterocycles. The van der Waals surface area contributed by atoms with Crippen LogP contribution in [0.2, 0.25) is 0 Å². The van der Waals surface area contributed by atoms with Gasteiger partial charge in [0.2, 0.25) is 0 Å². The Labute approximate surface area is 49.5 Å². The second-order valence-electron chi connectivity index (χ2n) is 1.62. The highest BCUT2D eigenvalue weighted by Crippen LogP contribution is 1.91. The van der Waals surface area contributed by atoms with Gasteiger partial charge in [-0.25, -0.2) is 0 Å². The summed E-state index contributed by atoms with van der Waals surface area (Å²) in [5.74, 6) is -0.219. The van der Waals surface area contributed by atoms with Gasteiger partial charge in [0.05, 0.1) is 5.75 Å². The highest BCUT2D eigenvalue weighted by molar-refractivity contribution is 7.85. The van der Waals surface area contributed by atoms with Crippen molar-refractivity contribution in [1.82, 2.24) is 0 Å². The van der Waals surface area contributed by atoms with E-state index in [0.29, 0.717) is 6.42 Å². The Morgan fingerprint density at radius 2 is 1.88 bits per heavy atom. The molecule has 0 atom stereocenters. The first kappa shape index (κ1) is 7.91. The average Bonchev–Trinajstić information content (AvgIpc) is 1.59. The van der Waals surface area contributed by atoms with Crippen LogP contribution in [-0.4, -0.2) is 14.2 Å². The fourth-order valence-corrected chi connectivity index (χ4v) is 0.963. The van der Waals surface area contributed by atoms with Gasteiger partial charge < -0.3 is 0 Å². The number of hydrogen-bond acceptors (Lipinski definition) is 2. The molecule has 0 rings (SSSR count). The lowest BCUT2D eigenvalue weighted by Crippen LogP contribution is -2.00. The molecule has 49 valence electrons. The van der Waals surface area contributed by atoms with Crippen molar-refractivity contribution in [3.8, 4) is 0 Å². The zero-order valence-electron chi connectivity index (χ0n) is 4.75. The van der Waals surface area contributed by atoms with E-state index < -0.39 is 10.1 Å². The highest BCUT2D eigenvalue weighted by atomic mass is 32.2. The van der Waals surface area contributed by atoms with Crippen LogP contribution >= 0.6 is 0 Å². The SMILES string of the molecule is CCCCS([O])(=O)=O. The van der Waals surface area contributed by atoms with Crippen molar-refractivity contribution in [3.05, 3.63) is 0 Å². The van der Waals surface area contributed by atoms with Crippen LogP contribution in [0.3, 0.4) is 0 Å². The van der Waals surface area contributed by atoms with Crippen LogP contribution in [0.4, 0.5) is 0 Å². The van der Waals surface area contributed by atoms with Gasteiger partial charge in [-0.1, -0.05) is 17.9 Å². The third-order valence-electron chi connectivity index (χ3n) is 0.748. The molecule has 0 unspecified atom stereocenters. The topological polar surface area (TPSA) is 54.0 Å². The maximum absolute atomic E-state index is 9.83. The Bertz CT molecular complexity index is 135. The Kier molecular flexibility index (Phi) is 3.01. The predicted octanol–water partition coefficient (Wildman–Crippen LogP) is 0.547. The summed E-state index contributed by atoms with van der Waals surface area (Å²) in [6, 6.07) is 0. The molecule has 8 heavy (non-hydrogen) atoms. The van der Waals surface area contributed by atoms with Crippen LogP contribution in [-0.2, 0) is 14.7 Å². The lowest BCUT2D eigenvalue weighted by Gasteiger charge is -1.87. The molecule has 0 amide bonds. The van der Waals surface area contributed by atoms with Crippen molar-refractivity contribution in [2.45, 2.75) is 19.8 Å². The zero-order chi connectivity index (χ0) is 6.62. The Morgan fingerprint density at radius 3 is 2.00 bits per heavy atom. The molecule has 0 saturated carbocycles. The Hall–Kier alpha value is -0.0900. The average molecular weight is 137 g/mol. The standard InChI is InChI=1S/C4H9O3S/c1-2-3-4-8(5,6)7/h2-4H2,1H3. The van der Waals surface area contributed by atoms with Crippen molar-refractivity contribution < 1.29 is 13.0 Å². The molecule has 0 aliphatic heterocycles. The summed E-state index contributed by atoms with van der Waals surface area (Å²) in [6.45, 7) is 1.84. The van der Waals surface area contributed by atoms with Crippen LogP contribution in [0.25, 0.3) is 0 Å². The maximum atomic E-state index is 9.83. The van der Waals surface area contributed by atoms with Gasteiger partial charge in [-0.2, -0.15) is 8.42 Å². The molecule has 4 heteroatoms. The summed E-state index contributed by atoms with van der Waals surface area (Å²) in [7, 11) is -3.94. The minimum atomic E-state index is -3.94. The minimum Gasteiger partial charge on any atom is -0.197 e. The summed E-state index contributed by atoms with van der Waals surface area (Å²) in [5.41, 5.74) is 0. The first-order chi connectivity index (χ1) is 3.56. The van der Waals surface area contributed by atoms with Crippen molar-refractivity contribution in [1.29, 1.82) is 0 Å². The van der Waals surface area contributed by atoms with Gasteiger partial charge in [-0.15, -0.1) is 0 Å². The summed E-state index contributed by atoms with van der Waals surface area (Å²) in [4.78, 5) is 0.